The maximum absolute atomic E-state index is 12.6. The molecule has 0 saturated carbocycles. The van der Waals surface area contributed by atoms with Gasteiger partial charge in [-0.05, 0) is 51.2 Å². The number of nitrogens with one attached hydrogen (secondary N) is 1. The summed E-state index contributed by atoms with van der Waals surface area (Å²) in [6.45, 7) is 4.81. The van der Waals surface area contributed by atoms with E-state index in [-0.39, 0.29) is 17.5 Å². The second kappa shape index (κ2) is 9.52. The van der Waals surface area contributed by atoms with Crippen LogP contribution in [0.5, 0.6) is 0 Å². The van der Waals surface area contributed by atoms with Gasteiger partial charge in [0.15, 0.2) is 0 Å². The minimum atomic E-state index is -0.111. The van der Waals surface area contributed by atoms with Gasteiger partial charge >= 0.3 is 0 Å². The van der Waals surface area contributed by atoms with E-state index < -0.39 is 0 Å². The summed E-state index contributed by atoms with van der Waals surface area (Å²) in [4.78, 5) is 37.9. The van der Waals surface area contributed by atoms with Crippen LogP contribution in [0.2, 0.25) is 0 Å². The maximum Gasteiger partial charge on any atom is 0.271 e. The van der Waals surface area contributed by atoms with Crippen molar-refractivity contribution < 1.29 is 4.79 Å². The summed E-state index contributed by atoms with van der Waals surface area (Å²) in [5, 5.41) is 0. The summed E-state index contributed by atoms with van der Waals surface area (Å²) in [6, 6.07) is 5.90. The normalized spacial score (nSPS) is 16.7. The Labute approximate surface area is 171 Å². The molecule has 7 heteroatoms. The van der Waals surface area contributed by atoms with Crippen molar-refractivity contribution in [3.05, 3.63) is 59.3 Å². The molecular formula is C22H29N5O2. The molecule has 29 heavy (non-hydrogen) atoms. The van der Waals surface area contributed by atoms with Crippen LogP contribution in [0.25, 0.3) is 11.1 Å². The van der Waals surface area contributed by atoms with Crippen molar-refractivity contribution in [2.24, 2.45) is 0 Å². The molecule has 3 rings (SSSR count). The number of aromatic nitrogens is 2. The largest absolute Gasteiger partial charge is 0.363 e. The number of hydrogen-bond acceptors (Lipinski definition) is 5. The fourth-order valence-corrected chi connectivity index (χ4v) is 3.69. The van der Waals surface area contributed by atoms with Crippen molar-refractivity contribution in [1.82, 2.24) is 19.8 Å². The number of likely N-dealkylation sites (N-methyl/N-ethyl adjacent to an activating group) is 2. The van der Waals surface area contributed by atoms with Crippen molar-refractivity contribution in [3.63, 3.8) is 0 Å². The molecule has 3 heterocycles. The molecule has 1 amide bonds. The number of nitrogens with zero attached hydrogens (tertiary/aromatic N) is 4. The van der Waals surface area contributed by atoms with E-state index in [0.29, 0.717) is 25.3 Å². The average Bonchev–Trinajstić information content (AvgIpc) is 3.20. The predicted octanol–water partition coefficient (Wildman–Crippen LogP) is 1.98. The molecule has 7 nitrogen and oxygen atoms in total. The van der Waals surface area contributed by atoms with Gasteiger partial charge in [0.1, 0.15) is 5.69 Å². The van der Waals surface area contributed by atoms with Crippen LogP contribution in [-0.2, 0) is 4.79 Å². The number of carbonyl (C=O) groups excluding carboxylic acids is 1. The van der Waals surface area contributed by atoms with Gasteiger partial charge in [0, 0.05) is 62.5 Å². The van der Waals surface area contributed by atoms with Crippen LogP contribution in [0.1, 0.15) is 13.3 Å². The Morgan fingerprint density at radius 3 is 2.76 bits per heavy atom. The first-order valence-corrected chi connectivity index (χ1v) is 9.99. The molecule has 0 aliphatic carbocycles. The molecule has 1 N–H and O–H groups in total. The first kappa shape index (κ1) is 20.8. The fraction of sp³-hybridized carbons (Fsp3) is 0.409. The number of hydrogen-bond donors (Lipinski definition) is 1. The summed E-state index contributed by atoms with van der Waals surface area (Å²) in [7, 11) is 3.94. The monoisotopic (exact) mass is 395 g/mol. The van der Waals surface area contributed by atoms with E-state index in [1.54, 1.807) is 24.7 Å². The standard InChI is InChI=1S/C22H29N5O2/c1-4-27(19-9-13-26(16-19)21(28)6-5-12-25(2)3)20-14-18(15-24-22(20)29)17-7-10-23-11-8-17/h5-8,10-11,14-15,19H,4,9,12-13,16H2,1-3H3,(H,24,29)/t19-/m1/s1. The molecule has 1 fully saturated rings. The lowest BCUT2D eigenvalue weighted by Crippen LogP contribution is -2.41. The first-order chi connectivity index (χ1) is 14.0. The number of aromatic amines is 1. The topological polar surface area (TPSA) is 72.5 Å². The summed E-state index contributed by atoms with van der Waals surface area (Å²) < 4.78 is 0. The highest BCUT2D eigenvalue weighted by Gasteiger charge is 2.30. The lowest BCUT2D eigenvalue weighted by Gasteiger charge is -2.29. The zero-order valence-corrected chi connectivity index (χ0v) is 17.3. The molecule has 2 aromatic heterocycles. The Bertz CT molecular complexity index is 907. The number of pyridine rings is 2. The lowest BCUT2D eigenvalue weighted by atomic mass is 10.1. The van der Waals surface area contributed by atoms with Gasteiger partial charge in [-0.2, -0.15) is 0 Å². The number of amides is 1. The zero-order valence-electron chi connectivity index (χ0n) is 17.3. The molecule has 1 aliphatic heterocycles. The third-order valence-corrected chi connectivity index (χ3v) is 5.19. The van der Waals surface area contributed by atoms with Crippen LogP contribution in [0.3, 0.4) is 0 Å². The second-order valence-electron chi connectivity index (χ2n) is 7.52. The van der Waals surface area contributed by atoms with Gasteiger partial charge in [0.05, 0.1) is 0 Å². The highest BCUT2D eigenvalue weighted by molar-refractivity contribution is 5.88. The number of rotatable bonds is 7. The molecule has 1 saturated heterocycles. The smallest absolute Gasteiger partial charge is 0.271 e. The molecule has 0 aromatic carbocycles. The Morgan fingerprint density at radius 2 is 2.07 bits per heavy atom. The van der Waals surface area contributed by atoms with Gasteiger partial charge in [-0.3, -0.25) is 14.6 Å². The van der Waals surface area contributed by atoms with Crippen LogP contribution < -0.4 is 10.5 Å². The van der Waals surface area contributed by atoms with Crippen molar-refractivity contribution in [3.8, 4) is 11.1 Å². The Balaban J connectivity index is 1.76. The second-order valence-corrected chi connectivity index (χ2v) is 7.52. The van der Waals surface area contributed by atoms with Gasteiger partial charge in [-0.25, -0.2) is 0 Å². The SMILES string of the molecule is CCN(c1cc(-c2ccncc2)c[nH]c1=O)[C@@H]1CCN(C(=O)C=CCN(C)C)C1. The summed E-state index contributed by atoms with van der Waals surface area (Å²) in [5.74, 6) is 0.0323. The fourth-order valence-electron chi connectivity index (χ4n) is 3.69. The van der Waals surface area contributed by atoms with Gasteiger partial charge < -0.3 is 19.7 Å². The summed E-state index contributed by atoms with van der Waals surface area (Å²) in [6.07, 6.45) is 9.59. The molecule has 0 radical (unpaired) electrons. The van der Waals surface area contributed by atoms with E-state index >= 15 is 0 Å². The van der Waals surface area contributed by atoms with E-state index in [2.05, 4.69) is 14.9 Å². The van der Waals surface area contributed by atoms with E-state index in [4.69, 9.17) is 0 Å². The molecule has 1 atom stereocenters. The highest BCUT2D eigenvalue weighted by atomic mass is 16.2. The quantitative estimate of drug-likeness (QED) is 0.726. The molecule has 1 aliphatic rings. The van der Waals surface area contributed by atoms with Crippen LogP contribution in [0.15, 0.2) is 53.7 Å². The van der Waals surface area contributed by atoms with Crippen LogP contribution in [0, 0.1) is 0 Å². The van der Waals surface area contributed by atoms with Crippen molar-refractivity contribution in [1.29, 1.82) is 0 Å². The lowest BCUT2D eigenvalue weighted by molar-refractivity contribution is -0.125. The zero-order chi connectivity index (χ0) is 20.8. The van der Waals surface area contributed by atoms with Crippen molar-refractivity contribution in [2.45, 2.75) is 19.4 Å². The van der Waals surface area contributed by atoms with Gasteiger partial charge in [0.2, 0.25) is 5.91 Å². The molecule has 2 aromatic rings. The highest BCUT2D eigenvalue weighted by Crippen LogP contribution is 2.25. The Hall–Kier alpha value is -2.93. The van der Waals surface area contributed by atoms with Crippen molar-refractivity contribution in [2.75, 3.05) is 45.2 Å². The van der Waals surface area contributed by atoms with E-state index in [1.165, 1.54) is 0 Å². The summed E-state index contributed by atoms with van der Waals surface area (Å²) in [5.41, 5.74) is 2.48. The van der Waals surface area contributed by atoms with Crippen molar-refractivity contribution >= 4 is 11.6 Å². The third-order valence-electron chi connectivity index (χ3n) is 5.19. The van der Waals surface area contributed by atoms with E-state index in [0.717, 1.165) is 24.1 Å². The van der Waals surface area contributed by atoms with Crippen LogP contribution in [-0.4, -0.2) is 72.0 Å². The number of likely N-dealkylation sites (tertiary alicyclic amines) is 1. The number of anilines is 1. The average molecular weight is 396 g/mol. The van der Waals surface area contributed by atoms with Gasteiger partial charge in [-0.1, -0.05) is 6.08 Å². The minimum absolute atomic E-state index is 0.0323. The molecular weight excluding hydrogens is 366 g/mol. The van der Waals surface area contributed by atoms with E-state index in [1.807, 2.05) is 55.1 Å². The Morgan fingerprint density at radius 1 is 1.31 bits per heavy atom. The predicted molar refractivity (Wildman–Crippen MR) is 116 cm³/mol. The minimum Gasteiger partial charge on any atom is -0.363 e. The van der Waals surface area contributed by atoms with Gasteiger partial charge in [0.25, 0.3) is 5.56 Å². The number of carbonyl (C=O) groups is 1. The first-order valence-electron chi connectivity index (χ1n) is 9.99. The number of H-pyrrole nitrogens is 1. The molecule has 0 spiro atoms. The maximum atomic E-state index is 12.6. The van der Waals surface area contributed by atoms with Crippen LogP contribution >= 0.6 is 0 Å². The van der Waals surface area contributed by atoms with Gasteiger partial charge in [-0.15, -0.1) is 0 Å². The molecule has 0 bridgehead atoms. The molecule has 154 valence electrons. The van der Waals surface area contributed by atoms with Crippen LogP contribution in [0.4, 0.5) is 5.69 Å². The molecule has 0 unspecified atom stereocenters. The third kappa shape index (κ3) is 5.12. The summed E-state index contributed by atoms with van der Waals surface area (Å²) >= 11 is 0. The Kier molecular flexibility index (Phi) is 6.82. The van der Waals surface area contributed by atoms with E-state index in [9.17, 15) is 9.59 Å².